The van der Waals surface area contributed by atoms with E-state index in [1.165, 1.54) is 11.8 Å². The van der Waals surface area contributed by atoms with E-state index in [9.17, 15) is 4.79 Å². The van der Waals surface area contributed by atoms with Gasteiger partial charge in [0, 0.05) is 22.5 Å². The van der Waals surface area contributed by atoms with Crippen LogP contribution in [0.1, 0.15) is 19.4 Å². The maximum absolute atomic E-state index is 12.0. The number of rotatable bonds is 7. The summed E-state index contributed by atoms with van der Waals surface area (Å²) in [6.45, 7) is 3.94. The van der Waals surface area contributed by atoms with Crippen molar-refractivity contribution in [2.45, 2.75) is 25.7 Å². The molecule has 0 saturated heterocycles. The van der Waals surface area contributed by atoms with Crippen molar-refractivity contribution >= 4 is 35.0 Å². The van der Waals surface area contributed by atoms with Crippen LogP contribution in [-0.4, -0.2) is 17.8 Å². The fourth-order valence-electron chi connectivity index (χ4n) is 1.99. The first-order chi connectivity index (χ1) is 11.0. The number of halogens is 1. The van der Waals surface area contributed by atoms with Crippen molar-refractivity contribution in [1.82, 2.24) is 0 Å². The van der Waals surface area contributed by atoms with Crippen LogP contribution in [0.4, 0.5) is 5.69 Å². The largest absolute Gasteiger partial charge is 0.491 e. The summed E-state index contributed by atoms with van der Waals surface area (Å²) in [4.78, 5) is 12.0. The molecule has 0 radical (unpaired) electrons. The van der Waals surface area contributed by atoms with Gasteiger partial charge in [0.05, 0.1) is 11.9 Å². The Morgan fingerprint density at radius 3 is 2.74 bits per heavy atom. The highest BCUT2D eigenvalue weighted by Crippen LogP contribution is 2.22. The maximum Gasteiger partial charge on any atom is 0.234 e. The molecule has 1 N–H and O–H groups in total. The summed E-state index contributed by atoms with van der Waals surface area (Å²) in [5, 5.41) is 3.62. The Hall–Kier alpha value is -1.65. The predicted octanol–water partition coefficient (Wildman–Crippen LogP) is 5.00. The lowest BCUT2D eigenvalue weighted by molar-refractivity contribution is -0.113. The van der Waals surface area contributed by atoms with E-state index in [1.54, 1.807) is 0 Å². The first-order valence-corrected chi connectivity index (χ1v) is 8.95. The van der Waals surface area contributed by atoms with Crippen LogP contribution < -0.4 is 10.1 Å². The summed E-state index contributed by atoms with van der Waals surface area (Å²) in [5.74, 6) is 1.80. The predicted molar refractivity (Wildman–Crippen MR) is 98.4 cm³/mol. The third-order valence-corrected chi connectivity index (χ3v) is 4.29. The van der Waals surface area contributed by atoms with E-state index in [-0.39, 0.29) is 12.0 Å². The Morgan fingerprint density at radius 1 is 1.22 bits per heavy atom. The van der Waals surface area contributed by atoms with E-state index in [0.29, 0.717) is 11.5 Å². The average Bonchev–Trinajstić information content (AvgIpc) is 2.49. The standard InChI is InChI=1S/C18H20ClNO2S/c1-13(2)22-16-8-5-7-15(10-16)20-18(21)12-23-11-14-6-3-4-9-17(14)19/h3-10,13H,11-12H2,1-2H3,(H,20,21). The number of nitrogens with one attached hydrogen (secondary N) is 1. The molecule has 0 saturated carbocycles. The normalized spacial score (nSPS) is 10.6. The van der Waals surface area contributed by atoms with Crippen molar-refractivity contribution in [2.24, 2.45) is 0 Å². The van der Waals surface area contributed by atoms with Crippen molar-refractivity contribution in [1.29, 1.82) is 0 Å². The summed E-state index contributed by atoms with van der Waals surface area (Å²) in [6.07, 6.45) is 0.104. The molecule has 2 aromatic carbocycles. The zero-order valence-corrected chi connectivity index (χ0v) is 14.8. The molecular weight excluding hydrogens is 330 g/mol. The summed E-state index contributed by atoms with van der Waals surface area (Å²) >= 11 is 7.64. The Labute approximate surface area is 146 Å². The molecule has 0 unspecified atom stereocenters. The van der Waals surface area contributed by atoms with Gasteiger partial charge in [-0.2, -0.15) is 0 Å². The number of amides is 1. The molecule has 3 nitrogen and oxygen atoms in total. The molecule has 0 aliphatic rings. The molecule has 1 amide bonds. The van der Waals surface area contributed by atoms with Crippen LogP contribution in [0, 0.1) is 0 Å². The first kappa shape index (κ1) is 17.7. The maximum atomic E-state index is 12.0. The van der Waals surface area contributed by atoms with Crippen LogP contribution in [0.5, 0.6) is 5.75 Å². The smallest absolute Gasteiger partial charge is 0.234 e. The van der Waals surface area contributed by atoms with Gasteiger partial charge in [-0.1, -0.05) is 35.9 Å². The van der Waals surface area contributed by atoms with Crippen molar-refractivity contribution < 1.29 is 9.53 Å². The van der Waals surface area contributed by atoms with E-state index in [2.05, 4.69) is 5.32 Å². The molecule has 0 aliphatic carbocycles. The SMILES string of the molecule is CC(C)Oc1cccc(NC(=O)CSCc2ccccc2Cl)c1. The lowest BCUT2D eigenvalue weighted by atomic mass is 10.2. The van der Waals surface area contributed by atoms with Crippen LogP contribution in [0.2, 0.25) is 5.02 Å². The molecule has 0 aromatic heterocycles. The summed E-state index contributed by atoms with van der Waals surface area (Å²) in [6, 6.07) is 15.1. The van der Waals surface area contributed by atoms with Crippen LogP contribution in [-0.2, 0) is 10.5 Å². The highest BCUT2D eigenvalue weighted by Gasteiger charge is 2.06. The lowest BCUT2D eigenvalue weighted by Gasteiger charge is -2.11. The fraction of sp³-hybridized carbons (Fsp3) is 0.278. The summed E-state index contributed by atoms with van der Waals surface area (Å²) in [7, 11) is 0. The minimum Gasteiger partial charge on any atom is -0.491 e. The van der Waals surface area contributed by atoms with Gasteiger partial charge in [-0.15, -0.1) is 11.8 Å². The van der Waals surface area contributed by atoms with Crippen molar-refractivity contribution in [2.75, 3.05) is 11.1 Å². The molecule has 2 rings (SSSR count). The third kappa shape index (κ3) is 6.16. The molecule has 0 fully saturated rings. The minimum atomic E-state index is -0.0382. The summed E-state index contributed by atoms with van der Waals surface area (Å²) in [5.41, 5.74) is 1.78. The number of carbonyl (C=O) groups is 1. The van der Waals surface area contributed by atoms with Crippen molar-refractivity contribution in [3.8, 4) is 5.75 Å². The zero-order chi connectivity index (χ0) is 16.7. The fourth-order valence-corrected chi connectivity index (χ4v) is 3.10. The Balaban J connectivity index is 1.82. The molecule has 122 valence electrons. The average molecular weight is 350 g/mol. The van der Waals surface area contributed by atoms with Gasteiger partial charge in [-0.05, 0) is 37.6 Å². The van der Waals surface area contributed by atoms with Crippen molar-refractivity contribution in [3.63, 3.8) is 0 Å². The first-order valence-electron chi connectivity index (χ1n) is 7.42. The van der Waals surface area contributed by atoms with Crippen molar-refractivity contribution in [3.05, 3.63) is 59.1 Å². The number of thioether (sulfide) groups is 1. The molecule has 0 heterocycles. The number of hydrogen-bond acceptors (Lipinski definition) is 3. The Kier molecular flexibility index (Phi) is 6.81. The topological polar surface area (TPSA) is 38.3 Å². The van der Waals surface area contributed by atoms with Crippen LogP contribution in [0.15, 0.2) is 48.5 Å². The second-order valence-corrected chi connectivity index (χ2v) is 6.72. The van der Waals surface area contributed by atoms with Gasteiger partial charge in [0.2, 0.25) is 5.91 Å². The Bertz CT molecular complexity index is 661. The number of hydrogen-bond donors (Lipinski definition) is 1. The van der Waals surface area contributed by atoms with Gasteiger partial charge >= 0.3 is 0 Å². The van der Waals surface area contributed by atoms with Crippen LogP contribution >= 0.6 is 23.4 Å². The van der Waals surface area contributed by atoms with Gasteiger partial charge in [0.15, 0.2) is 0 Å². The zero-order valence-electron chi connectivity index (χ0n) is 13.2. The molecule has 23 heavy (non-hydrogen) atoms. The number of benzene rings is 2. The molecule has 0 spiro atoms. The molecule has 5 heteroatoms. The highest BCUT2D eigenvalue weighted by molar-refractivity contribution is 7.99. The molecule has 0 atom stereocenters. The second-order valence-electron chi connectivity index (χ2n) is 5.33. The van der Waals surface area contributed by atoms with Gasteiger partial charge in [0.25, 0.3) is 0 Å². The van der Waals surface area contributed by atoms with Gasteiger partial charge < -0.3 is 10.1 Å². The van der Waals surface area contributed by atoms with E-state index in [0.717, 1.165) is 22.0 Å². The molecule has 2 aromatic rings. The number of ether oxygens (including phenoxy) is 1. The van der Waals surface area contributed by atoms with Gasteiger partial charge in [0.1, 0.15) is 5.75 Å². The third-order valence-electron chi connectivity index (χ3n) is 2.94. The van der Waals surface area contributed by atoms with E-state index in [4.69, 9.17) is 16.3 Å². The van der Waals surface area contributed by atoms with Gasteiger partial charge in [-0.25, -0.2) is 0 Å². The second kappa shape index (κ2) is 8.85. The van der Waals surface area contributed by atoms with Crippen LogP contribution in [0.25, 0.3) is 0 Å². The Morgan fingerprint density at radius 2 is 2.00 bits per heavy atom. The quantitative estimate of drug-likeness (QED) is 0.764. The van der Waals surface area contributed by atoms with Crippen LogP contribution in [0.3, 0.4) is 0 Å². The minimum absolute atomic E-state index is 0.0382. The monoisotopic (exact) mass is 349 g/mol. The highest BCUT2D eigenvalue weighted by atomic mass is 35.5. The summed E-state index contributed by atoms with van der Waals surface area (Å²) < 4.78 is 5.62. The number of carbonyl (C=O) groups excluding carboxylic acids is 1. The molecule has 0 bridgehead atoms. The lowest BCUT2D eigenvalue weighted by Crippen LogP contribution is -2.14. The number of anilines is 1. The molecule has 0 aliphatic heterocycles. The molecular formula is C18H20ClNO2S. The van der Waals surface area contributed by atoms with Gasteiger partial charge in [-0.3, -0.25) is 4.79 Å². The van der Waals surface area contributed by atoms with E-state index >= 15 is 0 Å². The van der Waals surface area contributed by atoms with E-state index in [1.807, 2.05) is 62.4 Å². The van der Waals surface area contributed by atoms with E-state index < -0.39 is 0 Å².